The Morgan fingerprint density at radius 1 is 1.35 bits per heavy atom. The van der Waals surface area contributed by atoms with Crippen molar-refractivity contribution in [3.63, 3.8) is 0 Å². The lowest BCUT2D eigenvalue weighted by Crippen LogP contribution is -2.21. The molecule has 0 fully saturated rings. The average molecular weight is 294 g/mol. The molecule has 0 spiro atoms. The van der Waals surface area contributed by atoms with Crippen LogP contribution in [0.4, 0.5) is 4.79 Å². The first-order chi connectivity index (χ1) is 7.97. The molecule has 0 saturated carbocycles. The third kappa shape index (κ3) is 3.03. The molecule has 0 atom stereocenters. The third-order valence-electron chi connectivity index (χ3n) is 2.01. The minimum atomic E-state index is -1.63. The van der Waals surface area contributed by atoms with Crippen LogP contribution < -0.4 is 0 Å². The summed E-state index contributed by atoms with van der Waals surface area (Å²) in [5.41, 5.74) is 0.641. The molecule has 0 saturated heterocycles. The number of rotatable bonds is 1. The molecule has 1 aromatic carbocycles. The standard InChI is InChI=1S/C10H7Cl3N2O2/c11-10(12,13)6-17-9(16)15-8-4-2-1-3-7(8)5-14-15/h1-5H,6H2. The molecule has 4 nitrogen and oxygen atoms in total. The monoisotopic (exact) mass is 292 g/mol. The smallest absolute Gasteiger partial charge is 0.435 e. The normalized spacial score (nSPS) is 11.7. The van der Waals surface area contributed by atoms with Gasteiger partial charge in [0.25, 0.3) is 0 Å². The van der Waals surface area contributed by atoms with Gasteiger partial charge in [-0.3, -0.25) is 0 Å². The number of fused-ring (bicyclic) bond motifs is 1. The van der Waals surface area contributed by atoms with Crippen LogP contribution in [0, 0.1) is 0 Å². The summed E-state index contributed by atoms with van der Waals surface area (Å²) in [6.45, 7) is -0.329. The Morgan fingerprint density at radius 2 is 2.06 bits per heavy atom. The molecular formula is C10H7Cl3N2O2. The first-order valence-electron chi connectivity index (χ1n) is 4.64. The van der Waals surface area contributed by atoms with Gasteiger partial charge in [-0.05, 0) is 6.07 Å². The molecule has 0 aliphatic heterocycles. The van der Waals surface area contributed by atoms with E-state index in [4.69, 9.17) is 39.5 Å². The third-order valence-corrected chi connectivity index (χ3v) is 2.34. The van der Waals surface area contributed by atoms with Gasteiger partial charge in [-0.15, -0.1) is 0 Å². The van der Waals surface area contributed by atoms with Gasteiger partial charge in [0.15, 0.2) is 0 Å². The summed E-state index contributed by atoms with van der Waals surface area (Å²) < 4.78 is 4.32. The van der Waals surface area contributed by atoms with Crippen molar-refractivity contribution in [1.82, 2.24) is 9.78 Å². The van der Waals surface area contributed by atoms with Gasteiger partial charge in [0.05, 0.1) is 11.7 Å². The second-order valence-corrected chi connectivity index (χ2v) is 5.80. The lowest BCUT2D eigenvalue weighted by atomic mass is 10.3. The SMILES string of the molecule is O=C(OCC(Cl)(Cl)Cl)n1ncc2ccccc21. The topological polar surface area (TPSA) is 44.1 Å². The highest BCUT2D eigenvalue weighted by molar-refractivity contribution is 6.67. The minimum Gasteiger partial charge on any atom is -0.443 e. The van der Waals surface area contributed by atoms with E-state index in [2.05, 4.69) is 5.10 Å². The van der Waals surface area contributed by atoms with Crippen LogP contribution in [-0.4, -0.2) is 26.3 Å². The fraction of sp³-hybridized carbons (Fsp3) is 0.200. The van der Waals surface area contributed by atoms with Crippen molar-refractivity contribution in [2.75, 3.05) is 6.61 Å². The van der Waals surface area contributed by atoms with Crippen molar-refractivity contribution in [3.05, 3.63) is 30.5 Å². The van der Waals surface area contributed by atoms with E-state index in [1.54, 1.807) is 18.3 Å². The number of hydrogen-bond donors (Lipinski definition) is 0. The Morgan fingerprint density at radius 3 is 2.76 bits per heavy atom. The molecule has 2 aromatic rings. The summed E-state index contributed by atoms with van der Waals surface area (Å²) >= 11 is 16.4. The van der Waals surface area contributed by atoms with Crippen molar-refractivity contribution < 1.29 is 9.53 Å². The van der Waals surface area contributed by atoms with Gasteiger partial charge in [-0.1, -0.05) is 53.0 Å². The molecule has 0 N–H and O–H groups in total. The summed E-state index contributed by atoms with van der Waals surface area (Å²) in [4.78, 5) is 11.7. The van der Waals surface area contributed by atoms with E-state index < -0.39 is 9.89 Å². The van der Waals surface area contributed by atoms with Crippen LogP contribution in [0.1, 0.15) is 0 Å². The summed E-state index contributed by atoms with van der Waals surface area (Å²) in [6.07, 6.45) is 0.879. The fourth-order valence-electron chi connectivity index (χ4n) is 1.32. The van der Waals surface area contributed by atoms with Crippen LogP contribution in [-0.2, 0) is 4.74 Å². The highest BCUT2D eigenvalue weighted by atomic mass is 35.6. The number of ether oxygens (including phenoxy) is 1. The van der Waals surface area contributed by atoms with Crippen molar-refractivity contribution >= 4 is 51.8 Å². The molecule has 0 aliphatic rings. The first kappa shape index (κ1) is 12.5. The zero-order valence-corrected chi connectivity index (χ0v) is 10.7. The Labute approximate surface area is 112 Å². The van der Waals surface area contributed by atoms with E-state index >= 15 is 0 Å². The van der Waals surface area contributed by atoms with E-state index in [1.165, 1.54) is 0 Å². The summed E-state index contributed by atoms with van der Waals surface area (Å²) in [6, 6.07) is 7.23. The van der Waals surface area contributed by atoms with Crippen molar-refractivity contribution in [1.29, 1.82) is 0 Å². The van der Waals surface area contributed by atoms with E-state index in [1.807, 2.05) is 12.1 Å². The van der Waals surface area contributed by atoms with Crippen molar-refractivity contribution in [2.24, 2.45) is 0 Å². The number of alkyl halides is 3. The maximum Gasteiger partial charge on any atom is 0.435 e. The lowest BCUT2D eigenvalue weighted by Gasteiger charge is -2.11. The zero-order chi connectivity index (χ0) is 12.5. The number of carbonyl (C=O) groups is 1. The summed E-state index contributed by atoms with van der Waals surface area (Å²) in [7, 11) is 0. The van der Waals surface area contributed by atoms with Gasteiger partial charge >= 0.3 is 6.09 Å². The highest BCUT2D eigenvalue weighted by Crippen LogP contribution is 2.26. The number of halogens is 3. The molecule has 7 heteroatoms. The van der Waals surface area contributed by atoms with Crippen LogP contribution in [0.2, 0.25) is 0 Å². The van der Waals surface area contributed by atoms with Gasteiger partial charge in [-0.25, -0.2) is 4.79 Å². The number of benzene rings is 1. The van der Waals surface area contributed by atoms with Gasteiger partial charge in [0.1, 0.15) is 6.61 Å². The number of nitrogens with zero attached hydrogens (tertiary/aromatic N) is 2. The van der Waals surface area contributed by atoms with Gasteiger partial charge in [-0.2, -0.15) is 9.78 Å². The number of aromatic nitrogens is 2. The largest absolute Gasteiger partial charge is 0.443 e. The number of para-hydroxylation sites is 1. The molecular weight excluding hydrogens is 286 g/mol. The summed E-state index contributed by atoms with van der Waals surface area (Å²) in [5.74, 6) is 0. The molecule has 0 aliphatic carbocycles. The van der Waals surface area contributed by atoms with Crippen LogP contribution in [0.5, 0.6) is 0 Å². The zero-order valence-electron chi connectivity index (χ0n) is 8.44. The molecule has 90 valence electrons. The van der Waals surface area contributed by atoms with Crippen molar-refractivity contribution in [2.45, 2.75) is 3.79 Å². The molecule has 2 rings (SSSR count). The fourth-order valence-corrected chi connectivity index (χ4v) is 1.49. The minimum absolute atomic E-state index is 0.329. The predicted molar refractivity (Wildman–Crippen MR) is 66.8 cm³/mol. The Hall–Kier alpha value is -0.970. The summed E-state index contributed by atoms with van der Waals surface area (Å²) in [5, 5.41) is 4.74. The van der Waals surface area contributed by atoms with Gasteiger partial charge in [0, 0.05) is 5.39 Å². The molecule has 1 heterocycles. The van der Waals surface area contributed by atoms with E-state index in [-0.39, 0.29) is 6.61 Å². The molecule has 0 bridgehead atoms. The Kier molecular flexibility index (Phi) is 3.47. The van der Waals surface area contributed by atoms with Gasteiger partial charge in [0.2, 0.25) is 3.79 Å². The predicted octanol–water partition coefficient (Wildman–Crippen LogP) is 3.39. The Balaban J connectivity index is 2.20. The average Bonchev–Trinajstić information content (AvgIpc) is 2.68. The molecule has 0 radical (unpaired) electrons. The molecule has 0 amide bonds. The first-order valence-corrected chi connectivity index (χ1v) is 5.77. The van der Waals surface area contributed by atoms with Crippen molar-refractivity contribution in [3.8, 4) is 0 Å². The van der Waals surface area contributed by atoms with Crippen LogP contribution in [0.3, 0.4) is 0 Å². The van der Waals surface area contributed by atoms with E-state index in [0.717, 1.165) is 10.1 Å². The van der Waals surface area contributed by atoms with Crippen LogP contribution >= 0.6 is 34.8 Å². The highest BCUT2D eigenvalue weighted by Gasteiger charge is 2.23. The second-order valence-electron chi connectivity index (χ2n) is 3.28. The Bertz CT molecular complexity index is 548. The maximum atomic E-state index is 11.7. The molecule has 0 unspecified atom stereocenters. The van der Waals surface area contributed by atoms with E-state index in [9.17, 15) is 4.79 Å². The van der Waals surface area contributed by atoms with Crippen LogP contribution in [0.25, 0.3) is 10.9 Å². The van der Waals surface area contributed by atoms with E-state index in [0.29, 0.717) is 5.52 Å². The molecule has 1 aromatic heterocycles. The van der Waals surface area contributed by atoms with Gasteiger partial charge < -0.3 is 4.74 Å². The maximum absolute atomic E-state index is 11.7. The number of carbonyl (C=O) groups excluding carboxylic acids is 1. The quantitative estimate of drug-likeness (QED) is 0.757. The lowest BCUT2D eigenvalue weighted by molar-refractivity contribution is 0.148. The second kappa shape index (κ2) is 4.72. The number of hydrogen-bond acceptors (Lipinski definition) is 3. The van der Waals surface area contributed by atoms with Crippen LogP contribution in [0.15, 0.2) is 30.5 Å². The molecule has 17 heavy (non-hydrogen) atoms.